The molecule has 39 heavy (non-hydrogen) atoms. The molecule has 3 aromatic carbocycles. The second kappa shape index (κ2) is 10.8. The molecule has 1 N–H and O–H groups in total. The molecule has 4 aromatic rings. The Hall–Kier alpha value is -4.35. The maximum absolute atomic E-state index is 13.3. The number of nitrogens with one attached hydrogen (secondary N) is 1. The number of aromatic nitrogens is 1. The maximum atomic E-state index is 13.3. The molecule has 12 heteroatoms. The van der Waals surface area contributed by atoms with Crippen molar-refractivity contribution in [3.63, 3.8) is 0 Å². The number of halogens is 6. The van der Waals surface area contributed by atoms with Gasteiger partial charge in [0.05, 0.1) is 38.0 Å². The van der Waals surface area contributed by atoms with Gasteiger partial charge in [0.15, 0.2) is 11.5 Å². The van der Waals surface area contributed by atoms with E-state index in [0.29, 0.717) is 46.0 Å². The van der Waals surface area contributed by atoms with Gasteiger partial charge in [-0.15, -0.1) is 0 Å². The minimum Gasteiger partial charge on any atom is -0.493 e. The van der Waals surface area contributed by atoms with Crippen LogP contribution in [0.1, 0.15) is 16.7 Å². The number of hydrogen-bond acceptors (Lipinski definition) is 6. The van der Waals surface area contributed by atoms with Crippen LogP contribution in [0.5, 0.6) is 23.0 Å². The summed E-state index contributed by atoms with van der Waals surface area (Å²) in [5.41, 5.74) is -1.80. The lowest BCUT2D eigenvalue weighted by atomic mass is 10.1. The van der Waals surface area contributed by atoms with Crippen LogP contribution in [0, 0.1) is 0 Å². The van der Waals surface area contributed by atoms with Gasteiger partial charge in [-0.3, -0.25) is 4.98 Å². The molecular weight excluding hydrogens is 530 g/mol. The molecule has 0 radical (unpaired) electrons. The summed E-state index contributed by atoms with van der Waals surface area (Å²) in [6.07, 6.45) is -8.53. The Labute approximate surface area is 219 Å². The van der Waals surface area contributed by atoms with Gasteiger partial charge in [-0.05, 0) is 54.1 Å². The van der Waals surface area contributed by atoms with Crippen LogP contribution in [0.4, 0.5) is 37.7 Å². The van der Waals surface area contributed by atoms with Gasteiger partial charge in [-0.2, -0.15) is 26.3 Å². The number of pyridine rings is 1. The number of nitrogens with zero attached hydrogens (tertiary/aromatic N) is 1. The highest BCUT2D eigenvalue weighted by Crippen LogP contribution is 2.40. The second-order valence-electron chi connectivity index (χ2n) is 8.28. The van der Waals surface area contributed by atoms with E-state index in [4.69, 9.17) is 18.9 Å². The lowest BCUT2D eigenvalue weighted by Crippen LogP contribution is -2.11. The maximum Gasteiger partial charge on any atom is 0.416 e. The van der Waals surface area contributed by atoms with E-state index < -0.39 is 23.5 Å². The summed E-state index contributed by atoms with van der Waals surface area (Å²) in [5, 5.41) is 3.13. The number of ether oxygens (including phenoxy) is 4. The van der Waals surface area contributed by atoms with E-state index in [1.54, 1.807) is 30.3 Å². The summed E-state index contributed by atoms with van der Waals surface area (Å²) in [4.78, 5) is 4.25. The van der Waals surface area contributed by atoms with Crippen molar-refractivity contribution in [2.75, 3.05) is 26.6 Å². The van der Waals surface area contributed by atoms with Crippen LogP contribution in [-0.2, 0) is 19.0 Å². The summed E-state index contributed by atoms with van der Waals surface area (Å²) < 4.78 is 101. The molecule has 1 heterocycles. The fourth-order valence-electron chi connectivity index (χ4n) is 3.89. The van der Waals surface area contributed by atoms with Crippen molar-refractivity contribution in [3.05, 3.63) is 77.5 Å². The van der Waals surface area contributed by atoms with Crippen molar-refractivity contribution in [1.29, 1.82) is 0 Å². The number of alkyl halides is 6. The van der Waals surface area contributed by atoms with Crippen LogP contribution >= 0.6 is 0 Å². The lowest BCUT2D eigenvalue weighted by molar-refractivity contribution is -0.143. The van der Waals surface area contributed by atoms with Crippen molar-refractivity contribution >= 4 is 22.3 Å². The number of fused-ring (bicyclic) bond motifs is 1. The van der Waals surface area contributed by atoms with Gasteiger partial charge in [0.2, 0.25) is 5.75 Å². The van der Waals surface area contributed by atoms with Crippen LogP contribution in [0.2, 0.25) is 0 Å². The predicted octanol–water partition coefficient (Wildman–Crippen LogP) is 7.62. The van der Waals surface area contributed by atoms with E-state index in [-0.39, 0.29) is 24.0 Å². The molecule has 0 atom stereocenters. The quantitative estimate of drug-likeness (QED) is 0.227. The zero-order chi connectivity index (χ0) is 28.4. The van der Waals surface area contributed by atoms with Crippen molar-refractivity contribution < 1.29 is 45.3 Å². The third-order valence-corrected chi connectivity index (χ3v) is 5.71. The zero-order valence-corrected chi connectivity index (χ0v) is 20.8. The highest BCUT2D eigenvalue weighted by Gasteiger charge is 2.37. The van der Waals surface area contributed by atoms with E-state index in [1.807, 2.05) is 0 Å². The summed E-state index contributed by atoms with van der Waals surface area (Å²) >= 11 is 0. The van der Waals surface area contributed by atoms with Gasteiger partial charge < -0.3 is 24.3 Å². The Balaban J connectivity index is 1.60. The smallest absolute Gasteiger partial charge is 0.416 e. The molecule has 0 aliphatic rings. The van der Waals surface area contributed by atoms with Gasteiger partial charge >= 0.3 is 12.4 Å². The Morgan fingerprint density at radius 1 is 0.744 bits per heavy atom. The van der Waals surface area contributed by atoms with Crippen LogP contribution in [0.15, 0.2) is 60.8 Å². The molecule has 1 aromatic heterocycles. The molecule has 0 amide bonds. The predicted molar refractivity (Wildman–Crippen MR) is 132 cm³/mol. The first-order chi connectivity index (χ1) is 18.4. The minimum atomic E-state index is -4.96. The molecule has 0 spiro atoms. The topological polar surface area (TPSA) is 61.8 Å². The monoisotopic (exact) mass is 552 g/mol. The van der Waals surface area contributed by atoms with Crippen molar-refractivity contribution in [2.24, 2.45) is 0 Å². The fraction of sp³-hybridized carbons (Fsp3) is 0.222. The van der Waals surface area contributed by atoms with Gasteiger partial charge in [0.25, 0.3) is 0 Å². The molecule has 0 aliphatic heterocycles. The van der Waals surface area contributed by atoms with Crippen LogP contribution in [-0.4, -0.2) is 26.3 Å². The minimum absolute atomic E-state index is 0.0768. The van der Waals surface area contributed by atoms with Crippen LogP contribution < -0.4 is 24.3 Å². The number of benzene rings is 3. The van der Waals surface area contributed by atoms with Crippen molar-refractivity contribution in [1.82, 2.24) is 4.98 Å². The molecule has 206 valence electrons. The average molecular weight is 552 g/mol. The molecule has 6 nitrogen and oxygen atoms in total. The van der Waals surface area contributed by atoms with Crippen molar-refractivity contribution in [2.45, 2.75) is 19.0 Å². The van der Waals surface area contributed by atoms with Gasteiger partial charge in [0.1, 0.15) is 12.4 Å². The average Bonchev–Trinajstić information content (AvgIpc) is 2.90. The highest BCUT2D eigenvalue weighted by atomic mass is 19.4. The molecule has 0 unspecified atom stereocenters. The molecule has 0 aliphatic carbocycles. The number of methoxy groups -OCH3 is 3. The molecule has 0 saturated carbocycles. The third kappa shape index (κ3) is 6.21. The van der Waals surface area contributed by atoms with E-state index >= 15 is 0 Å². The SMILES string of the molecule is COc1cc(COc2ccc3c(Nc4cc(C(F)(F)F)cc(C(F)(F)F)c4)ccnc3c2)cc(OC)c1OC. The first-order valence-electron chi connectivity index (χ1n) is 11.3. The lowest BCUT2D eigenvalue weighted by Gasteiger charge is -2.16. The Bertz CT molecular complexity index is 1430. The third-order valence-electron chi connectivity index (χ3n) is 5.71. The van der Waals surface area contributed by atoms with Gasteiger partial charge in [-0.25, -0.2) is 0 Å². The van der Waals surface area contributed by atoms with Gasteiger partial charge in [0, 0.05) is 29.0 Å². The Kier molecular flexibility index (Phi) is 7.66. The highest BCUT2D eigenvalue weighted by molar-refractivity contribution is 5.93. The molecular formula is C27H22F6N2O4. The summed E-state index contributed by atoms with van der Waals surface area (Å²) in [6.45, 7) is 0.130. The van der Waals surface area contributed by atoms with Crippen molar-refractivity contribution in [3.8, 4) is 23.0 Å². The second-order valence-corrected chi connectivity index (χ2v) is 8.28. The molecule has 4 rings (SSSR count). The van der Waals surface area contributed by atoms with Crippen LogP contribution in [0.3, 0.4) is 0 Å². The zero-order valence-electron chi connectivity index (χ0n) is 20.8. The first-order valence-corrected chi connectivity index (χ1v) is 11.3. The fourth-order valence-corrected chi connectivity index (χ4v) is 3.89. The Morgan fingerprint density at radius 2 is 1.36 bits per heavy atom. The normalized spacial score (nSPS) is 11.8. The Morgan fingerprint density at radius 3 is 1.90 bits per heavy atom. The summed E-state index contributed by atoms with van der Waals surface area (Å²) in [6, 6.07) is 11.0. The van der Waals surface area contributed by atoms with E-state index in [9.17, 15) is 26.3 Å². The number of rotatable bonds is 8. The largest absolute Gasteiger partial charge is 0.493 e. The van der Waals surface area contributed by atoms with E-state index in [1.165, 1.54) is 33.6 Å². The van der Waals surface area contributed by atoms with E-state index in [2.05, 4.69) is 10.3 Å². The molecule has 0 fully saturated rings. The first kappa shape index (κ1) is 27.7. The van der Waals surface area contributed by atoms with E-state index in [0.717, 1.165) is 5.56 Å². The number of hydrogen-bond donors (Lipinski definition) is 1. The number of anilines is 2. The van der Waals surface area contributed by atoms with Gasteiger partial charge in [-0.1, -0.05) is 0 Å². The molecule has 0 bridgehead atoms. The summed E-state index contributed by atoms with van der Waals surface area (Å²) in [7, 11) is 4.47. The van der Waals surface area contributed by atoms with Crippen LogP contribution in [0.25, 0.3) is 10.9 Å². The molecule has 0 saturated heterocycles. The summed E-state index contributed by atoms with van der Waals surface area (Å²) in [5.74, 6) is 1.77. The standard InChI is InChI=1S/C27H22F6N2O4/c1-36-23-8-15(9-24(37-2)25(23)38-3)14-39-19-4-5-20-21(6-7-34-22(20)13-19)35-18-11-16(26(28,29)30)10-17(12-18)27(31,32)33/h4-13H,14H2,1-3H3,(H,34,35).